The molecule has 0 aliphatic rings. The van der Waals surface area contributed by atoms with Gasteiger partial charge < -0.3 is 4.98 Å². The molecule has 0 spiro atoms. The molecule has 0 aliphatic heterocycles. The van der Waals surface area contributed by atoms with Crippen molar-refractivity contribution in [2.75, 3.05) is 0 Å². The Bertz CT molecular complexity index is 455. The van der Waals surface area contributed by atoms with Gasteiger partial charge in [-0.15, -0.1) is 0 Å². The van der Waals surface area contributed by atoms with Crippen molar-refractivity contribution >= 4 is 11.6 Å². The molecule has 2 rings (SSSR count). The molecule has 0 aliphatic carbocycles. The van der Waals surface area contributed by atoms with Crippen molar-refractivity contribution in [3.63, 3.8) is 0 Å². The monoisotopic (exact) mass is 194 g/mol. The van der Waals surface area contributed by atoms with Gasteiger partial charge in [0.2, 0.25) is 0 Å². The second kappa shape index (κ2) is 3.11. The molecular formula is C9H7ClN2O. The van der Waals surface area contributed by atoms with Crippen LogP contribution in [0.2, 0.25) is 5.02 Å². The zero-order valence-electron chi connectivity index (χ0n) is 6.70. The lowest BCUT2D eigenvalue weighted by Gasteiger charge is -1.99. The van der Waals surface area contributed by atoms with E-state index in [1.54, 1.807) is 36.7 Å². The summed E-state index contributed by atoms with van der Waals surface area (Å²) in [4.78, 5) is 13.7. The topological polar surface area (TPSA) is 37.8 Å². The van der Waals surface area contributed by atoms with Gasteiger partial charge in [-0.2, -0.15) is 0 Å². The second-order valence-corrected chi connectivity index (χ2v) is 3.05. The lowest BCUT2D eigenvalue weighted by atomic mass is 10.3. The van der Waals surface area contributed by atoms with Crippen molar-refractivity contribution in [3.8, 4) is 5.69 Å². The third kappa shape index (κ3) is 1.51. The van der Waals surface area contributed by atoms with Crippen LogP contribution in [0.3, 0.4) is 0 Å². The molecule has 0 fully saturated rings. The lowest BCUT2D eigenvalue weighted by Crippen LogP contribution is -2.13. The number of rotatable bonds is 1. The summed E-state index contributed by atoms with van der Waals surface area (Å²) < 4.78 is 1.51. The first-order valence-electron chi connectivity index (χ1n) is 3.79. The Hall–Kier alpha value is -1.48. The molecular weight excluding hydrogens is 188 g/mol. The highest BCUT2D eigenvalue weighted by molar-refractivity contribution is 6.30. The smallest absolute Gasteiger partial charge is 0.312 e. The molecule has 2 aromatic rings. The molecule has 66 valence electrons. The molecule has 0 radical (unpaired) electrons. The third-order valence-corrected chi connectivity index (χ3v) is 2.01. The van der Waals surface area contributed by atoms with Crippen LogP contribution in [0.4, 0.5) is 0 Å². The van der Waals surface area contributed by atoms with E-state index in [0.717, 1.165) is 5.69 Å². The second-order valence-electron chi connectivity index (χ2n) is 2.61. The SMILES string of the molecule is O=c1[nH]ccn1-c1ccc(Cl)cc1. The van der Waals surface area contributed by atoms with Gasteiger partial charge in [0.1, 0.15) is 0 Å². The molecule has 3 nitrogen and oxygen atoms in total. The predicted octanol–water partition coefficient (Wildman–Crippen LogP) is 1.82. The number of imidazole rings is 1. The number of benzene rings is 1. The average Bonchev–Trinajstić information content (AvgIpc) is 2.53. The number of aromatic amines is 1. The zero-order valence-corrected chi connectivity index (χ0v) is 7.45. The van der Waals surface area contributed by atoms with Crippen molar-refractivity contribution in [1.29, 1.82) is 0 Å². The largest absolute Gasteiger partial charge is 0.330 e. The molecule has 0 atom stereocenters. The molecule has 1 aromatic heterocycles. The highest BCUT2D eigenvalue weighted by Crippen LogP contribution is 2.11. The first-order valence-corrected chi connectivity index (χ1v) is 4.17. The fourth-order valence-electron chi connectivity index (χ4n) is 1.13. The highest BCUT2D eigenvalue weighted by Gasteiger charge is 1.98. The molecule has 13 heavy (non-hydrogen) atoms. The normalized spacial score (nSPS) is 10.2. The van der Waals surface area contributed by atoms with E-state index in [1.165, 1.54) is 4.57 Å². The number of aromatic nitrogens is 2. The maximum atomic E-state index is 11.2. The lowest BCUT2D eigenvalue weighted by molar-refractivity contribution is 0.987. The zero-order chi connectivity index (χ0) is 9.26. The van der Waals surface area contributed by atoms with Crippen LogP contribution in [-0.4, -0.2) is 9.55 Å². The first kappa shape index (κ1) is 8.13. The Morgan fingerprint density at radius 3 is 2.46 bits per heavy atom. The van der Waals surface area contributed by atoms with Gasteiger partial charge in [0.25, 0.3) is 0 Å². The van der Waals surface area contributed by atoms with Crippen LogP contribution in [-0.2, 0) is 0 Å². The van der Waals surface area contributed by atoms with Crippen LogP contribution in [0.15, 0.2) is 41.5 Å². The molecule has 4 heteroatoms. The van der Waals surface area contributed by atoms with Gasteiger partial charge in [-0.1, -0.05) is 11.6 Å². The van der Waals surface area contributed by atoms with Crippen LogP contribution in [0.1, 0.15) is 0 Å². The Balaban J connectivity index is 2.54. The minimum absolute atomic E-state index is 0.151. The molecule has 1 heterocycles. The van der Waals surface area contributed by atoms with Gasteiger partial charge in [0.15, 0.2) is 0 Å². The van der Waals surface area contributed by atoms with E-state index >= 15 is 0 Å². The number of nitrogens with zero attached hydrogens (tertiary/aromatic N) is 1. The summed E-state index contributed by atoms with van der Waals surface area (Å²) in [5.41, 5.74) is 0.651. The van der Waals surface area contributed by atoms with Gasteiger partial charge >= 0.3 is 5.69 Å². The number of hydrogen-bond donors (Lipinski definition) is 1. The summed E-state index contributed by atoms with van der Waals surface area (Å²) in [5.74, 6) is 0. The Morgan fingerprint density at radius 1 is 1.23 bits per heavy atom. The van der Waals surface area contributed by atoms with E-state index in [4.69, 9.17) is 11.6 Å². The van der Waals surface area contributed by atoms with E-state index < -0.39 is 0 Å². The van der Waals surface area contributed by atoms with E-state index in [9.17, 15) is 4.79 Å². The van der Waals surface area contributed by atoms with Crippen molar-refractivity contribution in [3.05, 3.63) is 52.2 Å². The molecule has 0 bridgehead atoms. The standard InChI is InChI=1S/C9H7ClN2O/c10-7-1-3-8(4-2-7)12-6-5-11-9(12)13/h1-6H,(H,11,13). The predicted molar refractivity (Wildman–Crippen MR) is 51.4 cm³/mol. The Kier molecular flexibility index (Phi) is 1.94. The van der Waals surface area contributed by atoms with Crippen molar-refractivity contribution in [1.82, 2.24) is 9.55 Å². The Morgan fingerprint density at radius 2 is 1.92 bits per heavy atom. The molecule has 0 saturated carbocycles. The summed E-state index contributed by atoms with van der Waals surface area (Å²) in [6.45, 7) is 0. The average molecular weight is 195 g/mol. The maximum Gasteiger partial charge on any atom is 0.330 e. The summed E-state index contributed by atoms with van der Waals surface area (Å²) in [6.07, 6.45) is 3.27. The summed E-state index contributed by atoms with van der Waals surface area (Å²) in [5, 5.41) is 0.660. The third-order valence-electron chi connectivity index (χ3n) is 1.75. The van der Waals surface area contributed by atoms with Gasteiger partial charge in [0, 0.05) is 17.4 Å². The number of hydrogen-bond acceptors (Lipinski definition) is 1. The van der Waals surface area contributed by atoms with E-state index in [2.05, 4.69) is 4.98 Å². The molecule has 1 aromatic carbocycles. The fraction of sp³-hybridized carbons (Fsp3) is 0. The first-order chi connectivity index (χ1) is 6.27. The van der Waals surface area contributed by atoms with Crippen LogP contribution in [0.25, 0.3) is 5.69 Å². The van der Waals surface area contributed by atoms with Crippen molar-refractivity contribution < 1.29 is 0 Å². The van der Waals surface area contributed by atoms with Crippen LogP contribution in [0.5, 0.6) is 0 Å². The molecule has 1 N–H and O–H groups in total. The summed E-state index contributed by atoms with van der Waals surface area (Å²) in [7, 11) is 0. The Labute approximate surface area is 79.6 Å². The highest BCUT2D eigenvalue weighted by atomic mass is 35.5. The van der Waals surface area contributed by atoms with E-state index in [1.807, 2.05) is 0 Å². The van der Waals surface area contributed by atoms with Crippen molar-refractivity contribution in [2.45, 2.75) is 0 Å². The van der Waals surface area contributed by atoms with Crippen LogP contribution >= 0.6 is 11.6 Å². The van der Waals surface area contributed by atoms with Gasteiger partial charge in [-0.05, 0) is 24.3 Å². The van der Waals surface area contributed by atoms with Gasteiger partial charge in [-0.25, -0.2) is 4.79 Å². The maximum absolute atomic E-state index is 11.2. The fourth-order valence-corrected chi connectivity index (χ4v) is 1.25. The van der Waals surface area contributed by atoms with E-state index in [0.29, 0.717) is 5.02 Å². The number of nitrogens with one attached hydrogen (secondary N) is 1. The number of halogens is 1. The molecule has 0 amide bonds. The van der Waals surface area contributed by atoms with E-state index in [-0.39, 0.29) is 5.69 Å². The summed E-state index contributed by atoms with van der Waals surface area (Å²) >= 11 is 5.72. The van der Waals surface area contributed by atoms with Crippen LogP contribution in [0, 0.1) is 0 Å². The minimum Gasteiger partial charge on any atom is -0.312 e. The van der Waals surface area contributed by atoms with Gasteiger partial charge in [-0.3, -0.25) is 4.57 Å². The molecule has 0 unspecified atom stereocenters. The van der Waals surface area contributed by atoms with Gasteiger partial charge in [0.05, 0.1) is 5.69 Å². The summed E-state index contributed by atoms with van der Waals surface area (Å²) in [6, 6.07) is 7.07. The number of H-pyrrole nitrogens is 1. The van der Waals surface area contributed by atoms with Crippen LogP contribution < -0.4 is 5.69 Å². The minimum atomic E-state index is -0.151. The quantitative estimate of drug-likeness (QED) is 0.739. The van der Waals surface area contributed by atoms with Crippen molar-refractivity contribution in [2.24, 2.45) is 0 Å². The molecule has 0 saturated heterocycles.